The van der Waals surface area contributed by atoms with Crippen molar-refractivity contribution in [2.24, 2.45) is 4.69 Å². The van der Waals surface area contributed by atoms with Crippen LogP contribution in [0.1, 0.15) is 50.1 Å². The van der Waals surface area contributed by atoms with Gasteiger partial charge < -0.3 is 0 Å². The molecule has 0 unspecified atom stereocenters. The molecule has 0 fully saturated rings. The summed E-state index contributed by atoms with van der Waals surface area (Å²) in [6.07, 6.45) is 0. The first kappa shape index (κ1) is 21.9. The summed E-state index contributed by atoms with van der Waals surface area (Å²) in [5.41, 5.74) is 11.9. The molecule has 29 heavy (non-hydrogen) atoms. The van der Waals surface area contributed by atoms with Crippen molar-refractivity contribution in [2.75, 3.05) is 0 Å². The second-order valence-electron chi connectivity index (χ2n) is 9.13. The van der Waals surface area contributed by atoms with E-state index in [4.69, 9.17) is 4.69 Å². The van der Waals surface area contributed by atoms with Gasteiger partial charge in [0.1, 0.15) is 0 Å². The SMILES string of the molecule is Cc1cc(C)[c]([Ge]([NH2])([c]2c(C)cc(C)cc2C)[c]2c(C)cc(C)cc2C)c(C)c1. The van der Waals surface area contributed by atoms with Crippen LogP contribution in [-0.2, 0) is 0 Å². The van der Waals surface area contributed by atoms with Crippen molar-refractivity contribution >= 4 is 26.7 Å². The predicted octanol–water partition coefficient (Wildman–Crippen LogP) is 4.39. The third-order valence-electron chi connectivity index (χ3n) is 6.21. The van der Waals surface area contributed by atoms with Gasteiger partial charge in [0.15, 0.2) is 0 Å². The van der Waals surface area contributed by atoms with Gasteiger partial charge in [-0.15, -0.1) is 0 Å². The van der Waals surface area contributed by atoms with E-state index in [9.17, 15) is 0 Å². The molecule has 1 nitrogen and oxygen atoms in total. The first-order valence-corrected chi connectivity index (χ1v) is 14.9. The van der Waals surface area contributed by atoms with Crippen LogP contribution in [-0.4, -0.2) is 13.5 Å². The molecule has 0 aliphatic rings. The molecule has 0 aromatic heterocycles. The van der Waals surface area contributed by atoms with Crippen LogP contribution in [0.3, 0.4) is 0 Å². The predicted molar refractivity (Wildman–Crippen MR) is 131 cm³/mol. The van der Waals surface area contributed by atoms with Gasteiger partial charge in [0, 0.05) is 0 Å². The van der Waals surface area contributed by atoms with Crippen molar-refractivity contribution in [2.45, 2.75) is 62.3 Å². The third kappa shape index (κ3) is 3.71. The minimum absolute atomic E-state index is 1.31. The van der Waals surface area contributed by atoms with Crippen LogP contribution >= 0.6 is 0 Å². The second kappa shape index (κ2) is 7.77. The van der Waals surface area contributed by atoms with Crippen LogP contribution in [0.5, 0.6) is 0 Å². The zero-order chi connectivity index (χ0) is 21.7. The molecule has 0 amide bonds. The van der Waals surface area contributed by atoms with Gasteiger partial charge in [0.25, 0.3) is 0 Å². The molecule has 3 rings (SSSR count). The summed E-state index contributed by atoms with van der Waals surface area (Å²) in [5.74, 6) is 0. The molecule has 2 N–H and O–H groups in total. The van der Waals surface area contributed by atoms with Gasteiger partial charge in [-0.3, -0.25) is 0 Å². The third-order valence-corrected chi connectivity index (χ3v) is 16.1. The quantitative estimate of drug-likeness (QED) is 0.594. The van der Waals surface area contributed by atoms with E-state index in [2.05, 4.69) is 98.7 Å². The van der Waals surface area contributed by atoms with Crippen molar-refractivity contribution in [3.8, 4) is 0 Å². The first-order valence-electron chi connectivity index (χ1n) is 10.5. The number of nitrogens with two attached hydrogens (primary N) is 1. The van der Waals surface area contributed by atoms with Gasteiger partial charge in [0.2, 0.25) is 0 Å². The maximum absolute atomic E-state index is 7.80. The van der Waals surface area contributed by atoms with Crippen molar-refractivity contribution in [1.29, 1.82) is 0 Å². The van der Waals surface area contributed by atoms with Crippen molar-refractivity contribution < 1.29 is 0 Å². The van der Waals surface area contributed by atoms with Gasteiger partial charge in [0.05, 0.1) is 0 Å². The van der Waals surface area contributed by atoms with E-state index in [1.54, 1.807) is 0 Å². The van der Waals surface area contributed by atoms with Crippen LogP contribution in [0, 0.1) is 62.3 Å². The summed E-state index contributed by atoms with van der Waals surface area (Å²) >= 11 is -3.42. The number of aryl methyl sites for hydroxylation is 9. The summed E-state index contributed by atoms with van der Waals surface area (Å²) in [4.78, 5) is 0. The molecule has 0 spiro atoms. The molecule has 0 atom stereocenters. The Morgan fingerprint density at radius 3 is 0.759 bits per heavy atom. The zero-order valence-electron chi connectivity index (χ0n) is 19.5. The Labute approximate surface area is 179 Å². The molecule has 0 saturated carbocycles. The van der Waals surface area contributed by atoms with E-state index in [0.717, 1.165) is 0 Å². The van der Waals surface area contributed by atoms with Crippen LogP contribution in [0.4, 0.5) is 0 Å². The summed E-state index contributed by atoms with van der Waals surface area (Å²) in [6, 6.07) is 13.9. The van der Waals surface area contributed by atoms with Gasteiger partial charge in [-0.05, 0) is 0 Å². The van der Waals surface area contributed by atoms with E-state index in [1.165, 1.54) is 63.3 Å². The second-order valence-corrected chi connectivity index (χ2v) is 15.7. The van der Waals surface area contributed by atoms with Gasteiger partial charge in [-0.1, -0.05) is 0 Å². The van der Waals surface area contributed by atoms with Crippen LogP contribution < -0.4 is 17.9 Å². The fourth-order valence-corrected chi connectivity index (χ4v) is 16.1. The van der Waals surface area contributed by atoms with Crippen molar-refractivity contribution in [3.63, 3.8) is 0 Å². The Hall–Kier alpha value is -1.84. The standard InChI is InChI=1S/C27H35GeN/c1-16-10-19(4)25(20(5)11-16)28(29,26-21(6)12-17(2)13-22(26)7)27-23(8)14-18(3)15-24(27)9/h10-15H,29H2,1-9H3. The molecule has 0 saturated heterocycles. The van der Waals surface area contributed by atoms with Gasteiger partial charge in [-0.2, -0.15) is 0 Å². The molecule has 2 heteroatoms. The van der Waals surface area contributed by atoms with Crippen molar-refractivity contribution in [1.82, 2.24) is 0 Å². The average molecular weight is 446 g/mol. The summed E-state index contributed by atoms with van der Waals surface area (Å²) < 4.78 is 12.1. The molecule has 152 valence electrons. The molecular formula is C27H35GeN. The molecule has 3 aromatic rings. The number of benzene rings is 3. The zero-order valence-corrected chi connectivity index (χ0v) is 21.6. The summed E-state index contributed by atoms with van der Waals surface area (Å²) in [6.45, 7) is 20.0. The fourth-order valence-electron chi connectivity index (χ4n) is 5.78. The number of hydrogen-bond donors (Lipinski definition) is 1. The fraction of sp³-hybridized carbons (Fsp3) is 0.333. The molecule has 0 radical (unpaired) electrons. The van der Waals surface area contributed by atoms with Crippen LogP contribution in [0.25, 0.3) is 0 Å². The topological polar surface area (TPSA) is 26.0 Å². The first-order chi connectivity index (χ1) is 13.5. The summed E-state index contributed by atoms with van der Waals surface area (Å²) in [7, 11) is 0. The summed E-state index contributed by atoms with van der Waals surface area (Å²) in [5, 5.41) is 0. The van der Waals surface area contributed by atoms with Crippen LogP contribution in [0.2, 0.25) is 0 Å². The van der Waals surface area contributed by atoms with Crippen molar-refractivity contribution in [3.05, 3.63) is 86.5 Å². The van der Waals surface area contributed by atoms with E-state index < -0.39 is 13.5 Å². The number of hydrogen-bond acceptors (Lipinski definition) is 1. The van der Waals surface area contributed by atoms with E-state index in [-0.39, 0.29) is 0 Å². The monoisotopic (exact) mass is 447 g/mol. The molecule has 0 bridgehead atoms. The van der Waals surface area contributed by atoms with Gasteiger partial charge >= 0.3 is 180 Å². The Morgan fingerprint density at radius 1 is 0.414 bits per heavy atom. The normalized spacial score (nSPS) is 11.8. The van der Waals surface area contributed by atoms with E-state index in [1.807, 2.05) is 0 Å². The molecule has 0 aliphatic heterocycles. The maximum atomic E-state index is 7.80. The Kier molecular flexibility index (Phi) is 5.86. The molecular weight excluding hydrogens is 411 g/mol. The number of rotatable bonds is 3. The average Bonchev–Trinajstić information content (AvgIpc) is 2.51. The molecule has 0 heterocycles. The van der Waals surface area contributed by atoms with E-state index >= 15 is 0 Å². The Balaban J connectivity index is 2.55. The Bertz CT molecular complexity index is 899. The minimum atomic E-state index is -3.42. The molecule has 3 aromatic carbocycles. The molecule has 0 aliphatic carbocycles. The van der Waals surface area contributed by atoms with E-state index in [0.29, 0.717) is 0 Å². The van der Waals surface area contributed by atoms with Crippen LogP contribution in [0.15, 0.2) is 36.4 Å². The Morgan fingerprint density at radius 2 is 0.586 bits per heavy atom. The van der Waals surface area contributed by atoms with Gasteiger partial charge in [-0.25, -0.2) is 0 Å².